The summed E-state index contributed by atoms with van der Waals surface area (Å²) in [5.74, 6) is 0. The lowest BCUT2D eigenvalue weighted by molar-refractivity contribution is 0.0832. The second-order valence-corrected chi connectivity index (χ2v) is 3.20. The van der Waals surface area contributed by atoms with Crippen LogP contribution in [0.1, 0.15) is 19.3 Å². The van der Waals surface area contributed by atoms with Gasteiger partial charge in [-0.3, -0.25) is 0 Å². The predicted octanol–water partition coefficient (Wildman–Crippen LogP) is 0.481. The molecule has 0 spiro atoms. The van der Waals surface area contributed by atoms with Crippen molar-refractivity contribution >= 4 is 6.21 Å². The number of hydrogen-bond acceptors (Lipinski definition) is 3. The number of nitrogens with one attached hydrogen (secondary N) is 1. The fourth-order valence-electron chi connectivity index (χ4n) is 1.64. The first-order valence-electron chi connectivity index (χ1n) is 4.14. The molecule has 3 nitrogen and oxygen atoms in total. The van der Waals surface area contributed by atoms with Gasteiger partial charge in [-0.15, -0.1) is 0 Å². The minimum atomic E-state index is -0.569. The minimum absolute atomic E-state index is 0.182. The lowest BCUT2D eigenvalue weighted by Gasteiger charge is -2.34. The molecule has 11 heavy (non-hydrogen) atoms. The lowest BCUT2D eigenvalue weighted by Crippen LogP contribution is -2.44. The minimum Gasteiger partial charge on any atom is -0.386 e. The molecule has 0 bridgehead atoms. The number of rotatable bonds is 2. The van der Waals surface area contributed by atoms with E-state index in [1.807, 2.05) is 7.05 Å². The third-order valence-electron chi connectivity index (χ3n) is 2.39. The Morgan fingerprint density at radius 1 is 1.64 bits per heavy atom. The molecule has 1 aliphatic heterocycles. The maximum atomic E-state index is 9.37. The van der Waals surface area contributed by atoms with E-state index in [1.54, 1.807) is 0 Å². The Hall–Kier alpha value is -0.410. The highest BCUT2D eigenvalue weighted by Crippen LogP contribution is 2.16. The molecule has 1 fully saturated rings. The number of nitrogens with zero attached hydrogens (tertiary/aromatic N) is 1. The monoisotopic (exact) mass is 156 g/mol. The molecule has 1 heterocycles. The van der Waals surface area contributed by atoms with Crippen LogP contribution in [0, 0.1) is 5.41 Å². The van der Waals surface area contributed by atoms with Crippen LogP contribution in [0.4, 0.5) is 0 Å². The van der Waals surface area contributed by atoms with Crippen molar-refractivity contribution < 1.29 is 5.11 Å². The van der Waals surface area contributed by atoms with Gasteiger partial charge in [-0.25, -0.2) is 0 Å². The molecule has 0 amide bonds. The van der Waals surface area contributed by atoms with Gasteiger partial charge in [-0.2, -0.15) is 0 Å². The molecule has 1 rings (SSSR count). The van der Waals surface area contributed by atoms with Crippen molar-refractivity contribution in [1.29, 1.82) is 5.41 Å². The van der Waals surface area contributed by atoms with E-state index in [4.69, 9.17) is 5.41 Å². The van der Waals surface area contributed by atoms with Crippen molar-refractivity contribution in [2.75, 3.05) is 13.6 Å². The molecule has 1 saturated heterocycles. The summed E-state index contributed by atoms with van der Waals surface area (Å²) in [7, 11) is 2.01. The zero-order valence-electron chi connectivity index (χ0n) is 6.95. The Labute approximate surface area is 67.5 Å². The highest BCUT2D eigenvalue weighted by atomic mass is 16.3. The first-order valence-corrected chi connectivity index (χ1v) is 4.14. The van der Waals surface area contributed by atoms with Crippen molar-refractivity contribution in [3.8, 4) is 0 Å². The fourth-order valence-corrected chi connectivity index (χ4v) is 1.64. The number of aliphatic hydroxyl groups excluding tert-OH is 1. The van der Waals surface area contributed by atoms with Crippen molar-refractivity contribution in [1.82, 2.24) is 4.90 Å². The van der Waals surface area contributed by atoms with Gasteiger partial charge in [0.25, 0.3) is 0 Å². The average molecular weight is 156 g/mol. The Bertz CT molecular complexity index is 138. The SMILES string of the molecule is CN1CCCC[C@@H]1C(O)C=N. The van der Waals surface area contributed by atoms with Crippen LogP contribution in [0.2, 0.25) is 0 Å². The van der Waals surface area contributed by atoms with Crippen LogP contribution in [0.5, 0.6) is 0 Å². The first kappa shape index (κ1) is 8.68. The largest absolute Gasteiger partial charge is 0.386 e. The summed E-state index contributed by atoms with van der Waals surface area (Å²) in [6, 6.07) is 0.182. The zero-order valence-corrected chi connectivity index (χ0v) is 6.95. The van der Waals surface area contributed by atoms with Crippen molar-refractivity contribution in [2.45, 2.75) is 31.4 Å². The van der Waals surface area contributed by atoms with E-state index in [0.717, 1.165) is 19.2 Å². The molecule has 1 aliphatic rings. The summed E-state index contributed by atoms with van der Waals surface area (Å²) >= 11 is 0. The molecule has 64 valence electrons. The van der Waals surface area contributed by atoms with E-state index >= 15 is 0 Å². The van der Waals surface area contributed by atoms with Gasteiger partial charge in [0.2, 0.25) is 0 Å². The molecule has 0 aliphatic carbocycles. The van der Waals surface area contributed by atoms with Gasteiger partial charge >= 0.3 is 0 Å². The molecule has 3 heteroatoms. The Kier molecular flexibility index (Phi) is 3.02. The second kappa shape index (κ2) is 3.83. The Morgan fingerprint density at radius 3 is 2.91 bits per heavy atom. The van der Waals surface area contributed by atoms with Crippen LogP contribution in [-0.4, -0.2) is 42.0 Å². The van der Waals surface area contributed by atoms with Gasteiger partial charge in [-0.1, -0.05) is 6.42 Å². The Balaban J connectivity index is 2.46. The van der Waals surface area contributed by atoms with Crippen LogP contribution in [-0.2, 0) is 0 Å². The average Bonchev–Trinajstić information content (AvgIpc) is 2.04. The lowest BCUT2D eigenvalue weighted by atomic mass is 9.99. The number of piperidine rings is 1. The molecular weight excluding hydrogens is 140 g/mol. The van der Waals surface area contributed by atoms with Gasteiger partial charge in [-0.05, 0) is 26.4 Å². The van der Waals surface area contributed by atoms with E-state index in [9.17, 15) is 5.11 Å². The summed E-state index contributed by atoms with van der Waals surface area (Å²) in [5, 5.41) is 16.3. The van der Waals surface area contributed by atoms with Gasteiger partial charge in [0.15, 0.2) is 0 Å². The van der Waals surface area contributed by atoms with Crippen molar-refractivity contribution in [3.63, 3.8) is 0 Å². The summed E-state index contributed by atoms with van der Waals surface area (Å²) < 4.78 is 0. The third-order valence-corrected chi connectivity index (χ3v) is 2.39. The molecule has 0 aromatic rings. The highest BCUT2D eigenvalue weighted by Gasteiger charge is 2.24. The smallest absolute Gasteiger partial charge is 0.104 e. The molecule has 2 atom stereocenters. The van der Waals surface area contributed by atoms with Crippen LogP contribution in [0.25, 0.3) is 0 Å². The summed E-state index contributed by atoms with van der Waals surface area (Å²) in [4.78, 5) is 2.14. The summed E-state index contributed by atoms with van der Waals surface area (Å²) in [6.45, 7) is 1.05. The van der Waals surface area contributed by atoms with Crippen LogP contribution < -0.4 is 0 Å². The number of likely N-dealkylation sites (N-methyl/N-ethyl adjacent to an activating group) is 1. The predicted molar refractivity (Wildman–Crippen MR) is 45.1 cm³/mol. The zero-order chi connectivity index (χ0) is 8.27. The van der Waals surface area contributed by atoms with E-state index < -0.39 is 6.10 Å². The number of likely N-dealkylation sites (tertiary alicyclic amines) is 1. The van der Waals surface area contributed by atoms with Crippen LogP contribution >= 0.6 is 0 Å². The maximum Gasteiger partial charge on any atom is 0.104 e. The molecule has 0 radical (unpaired) electrons. The Morgan fingerprint density at radius 2 is 2.36 bits per heavy atom. The van der Waals surface area contributed by atoms with Crippen molar-refractivity contribution in [2.24, 2.45) is 0 Å². The van der Waals surface area contributed by atoms with Gasteiger partial charge < -0.3 is 15.4 Å². The van der Waals surface area contributed by atoms with Gasteiger partial charge in [0.05, 0.1) is 0 Å². The van der Waals surface area contributed by atoms with E-state index in [0.29, 0.717) is 0 Å². The molecular formula is C8H16N2O. The van der Waals surface area contributed by atoms with E-state index in [-0.39, 0.29) is 6.04 Å². The van der Waals surface area contributed by atoms with Crippen LogP contribution in [0.15, 0.2) is 0 Å². The molecule has 0 aromatic heterocycles. The molecule has 0 aromatic carbocycles. The normalized spacial score (nSPS) is 29.8. The van der Waals surface area contributed by atoms with Gasteiger partial charge in [0.1, 0.15) is 6.10 Å². The standard InChI is InChI=1S/C8H16N2O/c1-10-5-3-2-4-7(10)8(11)6-9/h6-9,11H,2-5H2,1H3/t7-,8?/m1/s1. The second-order valence-electron chi connectivity index (χ2n) is 3.20. The number of hydrogen-bond donors (Lipinski definition) is 2. The third kappa shape index (κ3) is 2.01. The summed E-state index contributed by atoms with van der Waals surface area (Å²) in [5.41, 5.74) is 0. The van der Waals surface area contributed by atoms with E-state index in [1.165, 1.54) is 12.8 Å². The van der Waals surface area contributed by atoms with Crippen LogP contribution in [0.3, 0.4) is 0 Å². The first-order chi connectivity index (χ1) is 5.25. The highest BCUT2D eigenvalue weighted by molar-refractivity contribution is 5.60. The topological polar surface area (TPSA) is 47.3 Å². The molecule has 0 saturated carbocycles. The number of aliphatic hydroxyl groups is 1. The fraction of sp³-hybridized carbons (Fsp3) is 0.875. The quantitative estimate of drug-likeness (QED) is 0.571. The van der Waals surface area contributed by atoms with E-state index in [2.05, 4.69) is 4.90 Å². The molecule has 1 unspecified atom stereocenters. The summed E-state index contributed by atoms with van der Waals surface area (Å²) in [6.07, 6.45) is 3.98. The molecule has 2 N–H and O–H groups in total. The van der Waals surface area contributed by atoms with Crippen molar-refractivity contribution in [3.05, 3.63) is 0 Å². The maximum absolute atomic E-state index is 9.37. The van der Waals surface area contributed by atoms with Gasteiger partial charge in [0, 0.05) is 12.3 Å².